The van der Waals surface area contributed by atoms with Crippen LogP contribution in [-0.4, -0.2) is 101 Å². The van der Waals surface area contributed by atoms with Crippen molar-refractivity contribution >= 4 is 0 Å². The van der Waals surface area contributed by atoms with Gasteiger partial charge in [0.15, 0.2) is 0 Å². The third kappa shape index (κ3) is 21.9. The van der Waals surface area contributed by atoms with E-state index in [1.807, 2.05) is 41.5 Å². The average Bonchev–Trinajstić information content (AvgIpc) is 2.78. The Balaban J connectivity index is 3.77. The van der Waals surface area contributed by atoms with Gasteiger partial charge in [0, 0.05) is 6.61 Å². The Morgan fingerprint density at radius 2 is 0.788 bits per heavy atom. The van der Waals surface area contributed by atoms with Gasteiger partial charge in [0.25, 0.3) is 0 Å². The summed E-state index contributed by atoms with van der Waals surface area (Å²) in [6, 6.07) is 0. The fourth-order valence-corrected chi connectivity index (χ4v) is 2.59. The van der Waals surface area contributed by atoms with Crippen LogP contribution in [-0.2, 0) is 33.2 Å². The normalized spacial score (nSPS) is 18.5. The van der Waals surface area contributed by atoms with Gasteiger partial charge in [0.1, 0.15) is 0 Å². The van der Waals surface area contributed by atoms with Crippen molar-refractivity contribution in [2.24, 2.45) is 0 Å². The van der Waals surface area contributed by atoms with Crippen molar-refractivity contribution in [2.75, 3.05) is 52.9 Å². The summed E-state index contributed by atoms with van der Waals surface area (Å²) >= 11 is 0. The fraction of sp³-hybridized carbons (Fsp3) is 1.00. The predicted molar refractivity (Wildman–Crippen MR) is 130 cm³/mol. The van der Waals surface area contributed by atoms with Gasteiger partial charge in [0.2, 0.25) is 0 Å². The van der Waals surface area contributed by atoms with Gasteiger partial charge in [-0.05, 0) is 54.9 Å². The molecule has 0 aliphatic carbocycles. The van der Waals surface area contributed by atoms with Crippen LogP contribution in [0.2, 0.25) is 0 Å². The minimum Gasteiger partial charge on any atom is -0.391 e. The lowest BCUT2D eigenvalue weighted by Gasteiger charge is -2.22. The van der Waals surface area contributed by atoms with Gasteiger partial charge in [0.05, 0.1) is 89.0 Å². The first-order chi connectivity index (χ1) is 15.6. The molecule has 7 atom stereocenters. The highest BCUT2D eigenvalue weighted by Gasteiger charge is 2.13. The maximum absolute atomic E-state index is 9.24. The van der Waals surface area contributed by atoms with E-state index >= 15 is 0 Å². The number of ether oxygens (including phenoxy) is 7. The molecule has 0 bridgehead atoms. The molecule has 0 fully saturated rings. The first-order valence-electron chi connectivity index (χ1n) is 12.6. The van der Waals surface area contributed by atoms with Gasteiger partial charge in [-0.3, -0.25) is 0 Å². The van der Waals surface area contributed by atoms with Crippen LogP contribution in [0.5, 0.6) is 0 Å². The van der Waals surface area contributed by atoms with Crippen LogP contribution in [0.3, 0.4) is 0 Å². The molecule has 0 radical (unpaired) electrons. The van der Waals surface area contributed by atoms with Crippen molar-refractivity contribution in [2.45, 2.75) is 111 Å². The molecule has 0 aromatic rings. The van der Waals surface area contributed by atoms with Crippen LogP contribution in [0.1, 0.15) is 68.2 Å². The molecule has 0 saturated heterocycles. The zero-order valence-electron chi connectivity index (χ0n) is 22.4. The van der Waals surface area contributed by atoms with E-state index in [-0.39, 0.29) is 36.6 Å². The Morgan fingerprint density at radius 3 is 1.09 bits per heavy atom. The third-order valence-electron chi connectivity index (χ3n) is 4.69. The summed E-state index contributed by atoms with van der Waals surface area (Å²) in [7, 11) is 0. The Bertz CT molecular complexity index is 423. The molecule has 0 aliphatic heterocycles. The Morgan fingerprint density at radius 1 is 0.485 bits per heavy atom. The molecule has 8 nitrogen and oxygen atoms in total. The summed E-state index contributed by atoms with van der Waals surface area (Å²) in [5.74, 6) is 0. The molecule has 0 rings (SSSR count). The van der Waals surface area contributed by atoms with Crippen molar-refractivity contribution in [3.63, 3.8) is 0 Å². The van der Waals surface area contributed by atoms with Gasteiger partial charge in [-0.15, -0.1) is 0 Å². The largest absolute Gasteiger partial charge is 0.391 e. The Labute approximate surface area is 202 Å². The van der Waals surface area contributed by atoms with Crippen molar-refractivity contribution in [1.82, 2.24) is 0 Å². The highest BCUT2D eigenvalue weighted by Crippen LogP contribution is 2.04. The number of hydrogen-bond donors (Lipinski definition) is 1. The zero-order valence-corrected chi connectivity index (χ0v) is 22.4. The summed E-state index contributed by atoms with van der Waals surface area (Å²) in [4.78, 5) is 0. The number of unbranched alkanes of at least 4 members (excludes halogenated alkanes) is 1. The smallest absolute Gasteiger partial charge is 0.0781 e. The van der Waals surface area contributed by atoms with E-state index in [2.05, 4.69) is 6.92 Å². The van der Waals surface area contributed by atoms with Crippen molar-refractivity contribution in [1.29, 1.82) is 0 Å². The molecule has 33 heavy (non-hydrogen) atoms. The van der Waals surface area contributed by atoms with Crippen LogP contribution < -0.4 is 0 Å². The molecule has 0 heterocycles. The minimum atomic E-state index is -0.470. The molecule has 200 valence electrons. The second-order valence-electron chi connectivity index (χ2n) is 9.14. The van der Waals surface area contributed by atoms with Gasteiger partial charge >= 0.3 is 0 Å². The molecule has 0 amide bonds. The predicted octanol–water partition coefficient (Wildman–Crippen LogP) is 3.61. The van der Waals surface area contributed by atoms with E-state index in [9.17, 15) is 5.11 Å². The van der Waals surface area contributed by atoms with E-state index in [0.717, 1.165) is 19.4 Å². The molecule has 1 N–H and O–H groups in total. The number of rotatable bonds is 23. The first-order valence-corrected chi connectivity index (χ1v) is 12.6. The fourth-order valence-electron chi connectivity index (χ4n) is 2.59. The van der Waals surface area contributed by atoms with Gasteiger partial charge < -0.3 is 38.3 Å². The molecule has 0 aromatic carbocycles. The van der Waals surface area contributed by atoms with Crippen molar-refractivity contribution in [3.8, 4) is 0 Å². The highest BCUT2D eigenvalue weighted by molar-refractivity contribution is 4.59. The molecule has 0 aromatic heterocycles. The standard InChI is InChI=1S/C25H52O8/c1-9-10-11-27-13-20(3)29-15-22(5)31-17-24(7)33-18-25(8)32-16-23(6)30-14-21(4)28-12-19(2)26/h19-26H,9-18H2,1-8H3. The van der Waals surface area contributed by atoms with E-state index in [1.165, 1.54) is 0 Å². The monoisotopic (exact) mass is 480 g/mol. The zero-order chi connectivity index (χ0) is 25.1. The lowest BCUT2D eigenvalue weighted by atomic mass is 10.3. The SMILES string of the molecule is CCCCOCC(C)OCC(C)OCC(C)OCC(C)OCC(C)OCC(C)OCC(C)O. The van der Waals surface area contributed by atoms with Crippen LogP contribution in [0.15, 0.2) is 0 Å². The summed E-state index contributed by atoms with van der Waals surface area (Å²) in [6.45, 7) is 19.9. The van der Waals surface area contributed by atoms with Crippen molar-refractivity contribution in [3.05, 3.63) is 0 Å². The molecule has 0 aliphatic rings. The topological polar surface area (TPSA) is 84.8 Å². The number of aliphatic hydroxyl groups excluding tert-OH is 1. The Hall–Kier alpha value is -0.320. The molecule has 7 unspecified atom stereocenters. The summed E-state index contributed by atoms with van der Waals surface area (Å²) in [5, 5.41) is 9.24. The number of hydrogen-bond acceptors (Lipinski definition) is 8. The second-order valence-corrected chi connectivity index (χ2v) is 9.14. The van der Waals surface area contributed by atoms with E-state index in [1.54, 1.807) is 6.92 Å². The van der Waals surface area contributed by atoms with Crippen LogP contribution in [0.4, 0.5) is 0 Å². The highest BCUT2D eigenvalue weighted by atomic mass is 16.6. The maximum atomic E-state index is 9.24. The number of aliphatic hydroxyl groups is 1. The van der Waals surface area contributed by atoms with Gasteiger partial charge in [-0.1, -0.05) is 13.3 Å². The summed E-state index contributed by atoms with van der Waals surface area (Å²) in [6.07, 6.45) is 1.61. The lowest BCUT2D eigenvalue weighted by molar-refractivity contribution is -0.106. The molecule has 0 spiro atoms. The first kappa shape index (κ1) is 32.7. The van der Waals surface area contributed by atoms with Crippen LogP contribution in [0.25, 0.3) is 0 Å². The average molecular weight is 481 g/mol. The van der Waals surface area contributed by atoms with E-state index in [0.29, 0.717) is 46.2 Å². The third-order valence-corrected chi connectivity index (χ3v) is 4.69. The van der Waals surface area contributed by atoms with Gasteiger partial charge in [-0.25, -0.2) is 0 Å². The quantitative estimate of drug-likeness (QED) is 0.222. The summed E-state index contributed by atoms with van der Waals surface area (Å²) in [5.41, 5.74) is 0. The minimum absolute atomic E-state index is 0.00669. The van der Waals surface area contributed by atoms with E-state index < -0.39 is 6.10 Å². The maximum Gasteiger partial charge on any atom is 0.0781 e. The Kier molecular flexibility index (Phi) is 20.8. The molecular formula is C25H52O8. The molecular weight excluding hydrogens is 428 g/mol. The van der Waals surface area contributed by atoms with Crippen LogP contribution >= 0.6 is 0 Å². The lowest BCUT2D eigenvalue weighted by Crippen LogP contribution is -2.30. The van der Waals surface area contributed by atoms with Crippen LogP contribution in [0, 0.1) is 0 Å². The molecule has 8 heteroatoms. The van der Waals surface area contributed by atoms with Crippen molar-refractivity contribution < 1.29 is 38.3 Å². The van der Waals surface area contributed by atoms with Gasteiger partial charge in [-0.2, -0.15) is 0 Å². The van der Waals surface area contributed by atoms with E-state index in [4.69, 9.17) is 33.2 Å². The second kappa shape index (κ2) is 21.0. The molecule has 0 saturated carbocycles. The summed E-state index contributed by atoms with van der Waals surface area (Å²) < 4.78 is 40.1.